The molecule has 1 unspecified atom stereocenters. The van der Waals surface area contributed by atoms with E-state index in [9.17, 15) is 29.1 Å². The molecule has 9 rings (SSSR count). The smallest absolute Gasteiger partial charge is 0.262 e. The maximum atomic E-state index is 13.5. The van der Waals surface area contributed by atoms with Crippen molar-refractivity contribution in [1.29, 1.82) is 0 Å². The van der Waals surface area contributed by atoms with Gasteiger partial charge in [0.2, 0.25) is 17.7 Å². The molecule has 2 bridgehead atoms. The highest BCUT2D eigenvalue weighted by Gasteiger charge is 2.72. The number of ether oxygens (including phenoxy) is 1. The first-order chi connectivity index (χ1) is 25.5. The van der Waals surface area contributed by atoms with E-state index in [-0.39, 0.29) is 52.3 Å². The number of phenols is 1. The van der Waals surface area contributed by atoms with Crippen LogP contribution in [0.4, 0.5) is 5.82 Å². The second-order valence-electron chi connectivity index (χ2n) is 14.8. The highest BCUT2D eigenvalue weighted by Crippen LogP contribution is 2.73. The molecular formula is C39H39N7O7. The molecule has 4 N–H and O–H groups in total. The third kappa shape index (κ3) is 6.24. The van der Waals surface area contributed by atoms with E-state index in [1.807, 2.05) is 11.0 Å². The van der Waals surface area contributed by atoms with Gasteiger partial charge in [0.05, 0.1) is 23.1 Å². The number of amides is 5. The van der Waals surface area contributed by atoms with Gasteiger partial charge >= 0.3 is 0 Å². The van der Waals surface area contributed by atoms with Gasteiger partial charge in [-0.2, -0.15) is 0 Å². The second kappa shape index (κ2) is 13.3. The minimum absolute atomic E-state index is 0.0355. The average molecular weight is 718 g/mol. The first kappa shape index (κ1) is 34.3. The van der Waals surface area contributed by atoms with Crippen LogP contribution in [-0.4, -0.2) is 105 Å². The van der Waals surface area contributed by atoms with Crippen LogP contribution in [0.25, 0.3) is 11.3 Å². The van der Waals surface area contributed by atoms with Crippen molar-refractivity contribution in [3.8, 4) is 34.6 Å². The third-order valence-electron chi connectivity index (χ3n) is 11.2. The summed E-state index contributed by atoms with van der Waals surface area (Å²) in [6.45, 7) is 4.31. The minimum atomic E-state index is -0.999. The molecule has 3 saturated carbocycles. The largest absolute Gasteiger partial charge is 0.507 e. The molecule has 3 aliphatic carbocycles. The lowest BCUT2D eigenvalue weighted by Crippen LogP contribution is -2.70. The Morgan fingerprint density at radius 3 is 2.47 bits per heavy atom. The van der Waals surface area contributed by atoms with Crippen molar-refractivity contribution in [2.24, 2.45) is 10.8 Å². The topological polar surface area (TPSA) is 188 Å². The van der Waals surface area contributed by atoms with Gasteiger partial charge < -0.3 is 20.5 Å². The Morgan fingerprint density at radius 2 is 1.72 bits per heavy atom. The molecule has 2 saturated heterocycles. The predicted molar refractivity (Wildman–Crippen MR) is 190 cm³/mol. The molecule has 5 amide bonds. The van der Waals surface area contributed by atoms with Gasteiger partial charge in [0.25, 0.3) is 11.8 Å². The number of hydrogen-bond donors (Lipinski definition) is 3. The Morgan fingerprint density at radius 1 is 0.962 bits per heavy atom. The number of nitrogens with zero attached hydrogens (tertiary/aromatic N) is 5. The summed E-state index contributed by atoms with van der Waals surface area (Å²) in [5.74, 6) is 5.07. The zero-order valence-corrected chi connectivity index (χ0v) is 29.1. The molecule has 1 aromatic heterocycles. The molecule has 14 nitrogen and oxygen atoms in total. The summed E-state index contributed by atoms with van der Waals surface area (Å²) in [7, 11) is 0. The van der Waals surface area contributed by atoms with Crippen molar-refractivity contribution >= 4 is 35.4 Å². The maximum Gasteiger partial charge on any atom is 0.262 e. The lowest BCUT2D eigenvalue weighted by atomic mass is 9.35. The number of para-hydroxylation sites is 1. The number of hydrogen-bond acceptors (Lipinski definition) is 11. The number of aromatic hydroxyl groups is 1. The number of piperazine rings is 1. The maximum absolute atomic E-state index is 13.5. The molecule has 53 heavy (non-hydrogen) atoms. The van der Waals surface area contributed by atoms with Crippen LogP contribution in [0.15, 0.2) is 48.5 Å². The fourth-order valence-electron chi connectivity index (χ4n) is 8.54. The fraction of sp³-hybridized carbons (Fsp3) is 0.410. The van der Waals surface area contributed by atoms with Crippen molar-refractivity contribution in [3.05, 3.63) is 65.2 Å². The summed E-state index contributed by atoms with van der Waals surface area (Å²) >= 11 is 0. The lowest BCUT2D eigenvalue weighted by molar-refractivity contribution is -0.226. The zero-order valence-electron chi connectivity index (χ0n) is 29.1. The van der Waals surface area contributed by atoms with Crippen LogP contribution in [0.3, 0.4) is 0 Å². The van der Waals surface area contributed by atoms with E-state index in [2.05, 4.69) is 32.3 Å². The number of benzene rings is 2. The molecule has 4 heterocycles. The average Bonchev–Trinajstić information content (AvgIpc) is 3.36. The number of piperidine rings is 1. The van der Waals surface area contributed by atoms with Crippen LogP contribution >= 0.6 is 0 Å². The summed E-state index contributed by atoms with van der Waals surface area (Å²) < 4.78 is 6.11. The first-order valence-corrected chi connectivity index (χ1v) is 18.0. The summed E-state index contributed by atoms with van der Waals surface area (Å²) in [5, 5.41) is 20.5. The Balaban J connectivity index is 0.763. The molecule has 6 aliphatic rings. The van der Waals surface area contributed by atoms with Gasteiger partial charge in [0, 0.05) is 61.6 Å². The van der Waals surface area contributed by atoms with Gasteiger partial charge in [-0.25, -0.2) is 0 Å². The van der Waals surface area contributed by atoms with Crippen LogP contribution < -0.4 is 15.8 Å². The van der Waals surface area contributed by atoms with Gasteiger partial charge in [-0.1, -0.05) is 24.0 Å². The SMILES string of the molecule is Nc1nnc(-c2ccccc2O)cc1OCC12CC(C(=O)N3CCN(CCCC#Cc4ccc5c(c4)C(=O)N(C4CCC(=O)NC4=O)C5=O)CC3)(C1)C2. The van der Waals surface area contributed by atoms with E-state index >= 15 is 0 Å². The van der Waals surface area contributed by atoms with Crippen LogP contribution in [0, 0.1) is 22.7 Å². The third-order valence-corrected chi connectivity index (χ3v) is 11.2. The Hall–Kier alpha value is -5.81. The van der Waals surface area contributed by atoms with E-state index in [0.29, 0.717) is 48.7 Å². The van der Waals surface area contributed by atoms with E-state index < -0.39 is 29.7 Å². The van der Waals surface area contributed by atoms with Crippen molar-refractivity contribution < 1.29 is 33.8 Å². The van der Waals surface area contributed by atoms with Gasteiger partial charge in [-0.3, -0.25) is 39.1 Å². The monoisotopic (exact) mass is 717 g/mol. The number of carbonyl (C=O) groups is 5. The predicted octanol–water partition coefficient (Wildman–Crippen LogP) is 2.36. The van der Waals surface area contributed by atoms with Gasteiger partial charge in [-0.05, 0) is 69.0 Å². The number of unbranched alkanes of at least 4 members (excludes halogenated alkanes) is 1. The number of phenolic OH excluding ortho intramolecular Hbond substituents is 1. The number of fused-ring (bicyclic) bond motifs is 1. The van der Waals surface area contributed by atoms with Crippen LogP contribution in [0.2, 0.25) is 0 Å². The molecule has 3 aromatic rings. The van der Waals surface area contributed by atoms with Crippen molar-refractivity contribution in [2.45, 2.75) is 51.0 Å². The van der Waals surface area contributed by atoms with Gasteiger partial charge in [0.1, 0.15) is 17.5 Å². The number of rotatable bonds is 9. The van der Waals surface area contributed by atoms with Crippen molar-refractivity contribution in [1.82, 2.24) is 30.2 Å². The molecule has 0 spiro atoms. The lowest BCUT2D eigenvalue weighted by Gasteiger charge is -2.69. The highest BCUT2D eigenvalue weighted by atomic mass is 16.5. The van der Waals surface area contributed by atoms with Crippen LogP contribution in [-0.2, 0) is 14.4 Å². The number of nitrogens with one attached hydrogen (secondary N) is 1. The highest BCUT2D eigenvalue weighted by molar-refractivity contribution is 6.23. The number of imide groups is 2. The van der Waals surface area contributed by atoms with Gasteiger partial charge in [0.15, 0.2) is 11.6 Å². The number of nitrogen functional groups attached to an aromatic ring is 1. The quantitative estimate of drug-likeness (QED) is 0.168. The molecule has 5 fully saturated rings. The van der Waals surface area contributed by atoms with Crippen molar-refractivity contribution in [3.63, 3.8) is 0 Å². The number of aromatic nitrogens is 2. The molecule has 272 valence electrons. The first-order valence-electron chi connectivity index (χ1n) is 18.0. The summed E-state index contributed by atoms with van der Waals surface area (Å²) in [6.07, 6.45) is 4.09. The van der Waals surface area contributed by atoms with Crippen molar-refractivity contribution in [2.75, 3.05) is 45.1 Å². The normalized spacial score (nSPS) is 24.8. The van der Waals surface area contributed by atoms with Gasteiger partial charge in [-0.15, -0.1) is 10.2 Å². The molecule has 14 heteroatoms. The Labute approximate surface area is 305 Å². The molecule has 1 atom stereocenters. The number of nitrogens with two attached hydrogens (primary N) is 1. The summed E-state index contributed by atoms with van der Waals surface area (Å²) in [5.41, 5.74) is 7.80. The molecule has 3 aliphatic heterocycles. The van der Waals surface area contributed by atoms with Crippen LogP contribution in [0.5, 0.6) is 11.5 Å². The molecule has 2 aromatic carbocycles. The minimum Gasteiger partial charge on any atom is -0.507 e. The van der Waals surface area contributed by atoms with E-state index in [1.165, 1.54) is 0 Å². The molecule has 0 radical (unpaired) electrons. The van der Waals surface area contributed by atoms with Crippen LogP contribution in [0.1, 0.15) is 71.2 Å². The standard InChI is InChI=1S/C39H39N7O7/c40-33-31(19-28(42-43-33)26-7-3-4-8-30(26)47)53-23-38-20-39(21-38,22-38)37(52)45-16-14-44(15-17-45)13-5-1-2-6-24-9-10-25-27(18-24)36(51)46(35(25)50)29-11-12-32(48)41-34(29)49/h3-4,7-10,18-19,29,47H,1,5,11-17,20-23H2,(H2,40,43)(H,41,48,49). The van der Waals surface area contributed by atoms with E-state index in [1.54, 1.807) is 42.5 Å². The summed E-state index contributed by atoms with van der Waals surface area (Å²) in [4.78, 5) is 68.7. The summed E-state index contributed by atoms with van der Waals surface area (Å²) in [6, 6.07) is 12.4. The number of carbonyl (C=O) groups excluding carboxylic acids is 5. The zero-order chi connectivity index (χ0) is 36.9. The van der Waals surface area contributed by atoms with E-state index in [4.69, 9.17) is 10.5 Å². The van der Waals surface area contributed by atoms with E-state index in [0.717, 1.165) is 50.2 Å². The second-order valence-corrected chi connectivity index (χ2v) is 14.8. The fourth-order valence-corrected chi connectivity index (χ4v) is 8.54. The Kier molecular flexibility index (Phi) is 8.61. The Bertz CT molecular complexity index is 2100. The number of anilines is 1. The molecular weight excluding hydrogens is 678 g/mol.